The van der Waals surface area contributed by atoms with Gasteiger partial charge in [-0.2, -0.15) is 18.6 Å². The van der Waals surface area contributed by atoms with E-state index in [1.165, 1.54) is 0 Å². The number of hydrogen-bond donors (Lipinski definition) is 0. The minimum Gasteiger partial charge on any atom is -0.504 e. The van der Waals surface area contributed by atoms with Gasteiger partial charge in [0, 0.05) is 59.7 Å². The Morgan fingerprint density at radius 3 is 1.55 bits per heavy atom. The predicted molar refractivity (Wildman–Crippen MR) is 112 cm³/mol. The van der Waals surface area contributed by atoms with Crippen molar-refractivity contribution in [2.45, 2.75) is 0 Å². The molecule has 2 aliphatic heterocycles. The summed E-state index contributed by atoms with van der Waals surface area (Å²) < 4.78 is 30.5. The SMILES string of the molecule is CN1[CH-]N(c2[c-]c(N3[CH-]N(C)c4ccccc43)c(F)c(C#N)c2F)c2ccccc21.[Os]. The molecule has 0 saturated carbocycles. The van der Waals surface area contributed by atoms with Crippen LogP contribution in [0.1, 0.15) is 5.56 Å². The third kappa shape index (κ3) is 3.12. The summed E-state index contributed by atoms with van der Waals surface area (Å²) >= 11 is 0. The quantitative estimate of drug-likeness (QED) is 0.391. The Hall–Kier alpha value is -3.15. The van der Waals surface area contributed by atoms with Crippen LogP contribution in [0.5, 0.6) is 0 Å². The Balaban J connectivity index is 0.00000231. The molecular weight excluding hydrogens is 575 g/mol. The van der Waals surface area contributed by atoms with Gasteiger partial charge in [-0.15, -0.1) is 6.07 Å². The fourth-order valence-electron chi connectivity index (χ4n) is 3.87. The van der Waals surface area contributed by atoms with E-state index >= 15 is 8.78 Å². The summed E-state index contributed by atoms with van der Waals surface area (Å²) in [6, 6.07) is 19.5. The summed E-state index contributed by atoms with van der Waals surface area (Å²) in [5.41, 5.74) is 2.51. The van der Waals surface area contributed by atoms with Gasteiger partial charge in [0.15, 0.2) is 0 Å². The first-order valence-electron chi connectivity index (χ1n) is 9.28. The summed E-state index contributed by atoms with van der Waals surface area (Å²) in [6.07, 6.45) is 0. The second-order valence-corrected chi connectivity index (χ2v) is 7.11. The third-order valence-electron chi connectivity index (χ3n) is 5.31. The van der Waals surface area contributed by atoms with Gasteiger partial charge in [0.2, 0.25) is 0 Å². The van der Waals surface area contributed by atoms with Crippen molar-refractivity contribution in [1.29, 1.82) is 5.26 Å². The first-order valence-corrected chi connectivity index (χ1v) is 9.28. The molecule has 3 aromatic rings. The summed E-state index contributed by atoms with van der Waals surface area (Å²) in [4.78, 5) is 6.84. The predicted octanol–water partition coefficient (Wildman–Crippen LogP) is 5.05. The molecule has 0 aromatic heterocycles. The number of nitriles is 1. The van der Waals surface area contributed by atoms with Crippen molar-refractivity contribution >= 4 is 34.1 Å². The average molecular weight is 591 g/mol. The molecule has 2 heterocycles. The minimum atomic E-state index is -0.944. The Bertz CT molecular complexity index is 1130. The number of hydrogen-bond acceptors (Lipinski definition) is 5. The van der Waals surface area contributed by atoms with Gasteiger partial charge in [-0.05, 0) is 38.4 Å². The molecule has 0 atom stereocenters. The van der Waals surface area contributed by atoms with Crippen LogP contribution >= 0.6 is 0 Å². The monoisotopic (exact) mass is 592 g/mol. The molecule has 3 aromatic carbocycles. The van der Waals surface area contributed by atoms with Gasteiger partial charge in [0.05, 0.1) is 6.07 Å². The second kappa shape index (κ2) is 7.83. The molecule has 0 aliphatic carbocycles. The molecule has 0 unspecified atom stereocenters. The normalized spacial score (nSPS) is 14.3. The van der Waals surface area contributed by atoms with Crippen molar-refractivity contribution < 1.29 is 28.6 Å². The van der Waals surface area contributed by atoms with E-state index in [1.54, 1.807) is 29.2 Å². The van der Waals surface area contributed by atoms with E-state index < -0.39 is 17.2 Å². The number of para-hydroxylation sites is 4. The molecule has 0 radical (unpaired) electrons. The van der Waals surface area contributed by atoms with Crippen molar-refractivity contribution in [2.75, 3.05) is 33.7 Å². The summed E-state index contributed by atoms with van der Waals surface area (Å²) in [7, 11) is 3.68. The fourth-order valence-corrected chi connectivity index (χ4v) is 3.87. The van der Waals surface area contributed by atoms with Crippen LogP contribution in [0.3, 0.4) is 0 Å². The van der Waals surface area contributed by atoms with Crippen molar-refractivity contribution in [3.63, 3.8) is 0 Å². The fraction of sp³-hybridized carbons (Fsp3) is 0.0870. The van der Waals surface area contributed by atoms with E-state index in [-0.39, 0.29) is 31.2 Å². The molecule has 158 valence electrons. The van der Waals surface area contributed by atoms with Crippen LogP contribution in [0.4, 0.5) is 42.9 Å². The van der Waals surface area contributed by atoms with Crippen LogP contribution in [-0.2, 0) is 19.8 Å². The molecule has 0 N–H and O–H groups in total. The maximum atomic E-state index is 15.2. The van der Waals surface area contributed by atoms with Gasteiger partial charge in [0.1, 0.15) is 0 Å². The van der Waals surface area contributed by atoms with Crippen molar-refractivity contribution in [3.05, 3.63) is 85.1 Å². The summed E-state index contributed by atoms with van der Waals surface area (Å²) in [6.45, 7) is 3.38. The number of fused-ring (bicyclic) bond motifs is 2. The van der Waals surface area contributed by atoms with E-state index in [0.29, 0.717) is 0 Å². The zero-order valence-electron chi connectivity index (χ0n) is 16.6. The van der Waals surface area contributed by atoms with Gasteiger partial charge >= 0.3 is 0 Å². The zero-order valence-corrected chi connectivity index (χ0v) is 19.2. The van der Waals surface area contributed by atoms with Gasteiger partial charge in [0.25, 0.3) is 0 Å². The van der Waals surface area contributed by atoms with Gasteiger partial charge in [-0.1, -0.05) is 35.6 Å². The summed E-state index contributed by atoms with van der Waals surface area (Å²) in [5.74, 6) is -1.89. The number of nitrogens with zero attached hydrogens (tertiary/aromatic N) is 5. The standard InChI is InChI=1S/C23H16F2N5.Os/c1-27-13-29(18-9-5-3-7-16(18)27)20-11-21(23(25)15(12-26)22(20)24)30-14-28(2)17-8-4-6-10-19(17)30;/h3-10,13-14H,1-2H3;/q-3;. The third-order valence-corrected chi connectivity index (χ3v) is 5.31. The molecule has 2 aliphatic rings. The smallest absolute Gasteiger partial charge is 0.0784 e. The van der Waals surface area contributed by atoms with Crippen LogP contribution in [0.2, 0.25) is 0 Å². The number of rotatable bonds is 2. The number of halogens is 2. The maximum Gasteiger partial charge on any atom is 0.0784 e. The van der Waals surface area contributed by atoms with Crippen LogP contribution in [0.15, 0.2) is 48.5 Å². The molecule has 0 saturated heterocycles. The van der Waals surface area contributed by atoms with Crippen LogP contribution in [-0.4, -0.2) is 14.1 Å². The van der Waals surface area contributed by atoms with Gasteiger partial charge in [-0.3, -0.25) is 8.78 Å². The molecule has 0 fully saturated rings. The average Bonchev–Trinajstić information content (AvgIpc) is 3.27. The van der Waals surface area contributed by atoms with E-state index in [0.717, 1.165) is 22.7 Å². The molecule has 5 rings (SSSR count). The second-order valence-electron chi connectivity index (χ2n) is 7.11. The molecular formula is C23H16F2N5Os-3. The minimum absolute atomic E-state index is 0. The molecule has 0 amide bonds. The zero-order chi connectivity index (χ0) is 21.0. The van der Waals surface area contributed by atoms with Gasteiger partial charge in [-0.25, -0.2) is 0 Å². The molecule has 8 heteroatoms. The maximum absolute atomic E-state index is 15.2. The van der Waals surface area contributed by atoms with Crippen molar-refractivity contribution in [3.8, 4) is 6.07 Å². The molecule has 5 nitrogen and oxygen atoms in total. The van der Waals surface area contributed by atoms with Crippen molar-refractivity contribution in [1.82, 2.24) is 0 Å². The van der Waals surface area contributed by atoms with Crippen LogP contribution in [0, 0.1) is 42.4 Å². The topological polar surface area (TPSA) is 36.8 Å². The Labute approximate surface area is 192 Å². The van der Waals surface area contributed by atoms with E-state index in [4.69, 9.17) is 0 Å². The Morgan fingerprint density at radius 2 is 1.16 bits per heavy atom. The Kier molecular flexibility index (Phi) is 5.33. The van der Waals surface area contributed by atoms with E-state index in [9.17, 15) is 5.26 Å². The molecule has 31 heavy (non-hydrogen) atoms. The Morgan fingerprint density at radius 1 is 0.774 bits per heavy atom. The number of anilines is 6. The van der Waals surface area contributed by atoms with Crippen LogP contribution < -0.4 is 19.6 Å². The first kappa shape index (κ1) is 21.1. The number of benzene rings is 3. The molecule has 0 bridgehead atoms. The van der Waals surface area contributed by atoms with E-state index in [2.05, 4.69) is 6.07 Å². The van der Waals surface area contributed by atoms with Gasteiger partial charge < -0.3 is 19.6 Å². The molecule has 0 spiro atoms. The van der Waals surface area contributed by atoms with E-state index in [1.807, 2.05) is 72.4 Å². The van der Waals surface area contributed by atoms with Crippen LogP contribution in [0.25, 0.3) is 0 Å². The largest absolute Gasteiger partial charge is 0.504 e. The first-order chi connectivity index (χ1) is 14.5. The van der Waals surface area contributed by atoms with Crippen molar-refractivity contribution in [2.24, 2.45) is 0 Å². The summed E-state index contributed by atoms with van der Waals surface area (Å²) in [5, 5.41) is 9.51.